The smallest absolute Gasteiger partial charge is 0.248 e. The Hall–Kier alpha value is -3.46. The summed E-state index contributed by atoms with van der Waals surface area (Å²) in [5.41, 5.74) is 3.49. The molecule has 128 valence electrons. The van der Waals surface area contributed by atoms with Gasteiger partial charge in [0.25, 0.3) is 0 Å². The molecule has 3 aromatic carbocycles. The minimum Gasteiger partial charge on any atom is -0.322 e. The Bertz CT molecular complexity index is 944. The van der Waals surface area contributed by atoms with Gasteiger partial charge >= 0.3 is 0 Å². The molecule has 26 heavy (non-hydrogen) atoms. The molecule has 3 heteroatoms. The van der Waals surface area contributed by atoms with Crippen LogP contribution in [0.1, 0.15) is 27.0 Å². The molecule has 0 fully saturated rings. The zero-order chi connectivity index (χ0) is 18.4. The first-order chi connectivity index (χ1) is 12.6. The summed E-state index contributed by atoms with van der Waals surface area (Å²) in [6.07, 6.45) is 3.21. The molecule has 0 radical (unpaired) electrons. The van der Waals surface area contributed by atoms with Crippen molar-refractivity contribution in [3.8, 4) is 0 Å². The SMILES string of the molecule is Cc1ccc(C(=O)c2ccccc2)c(NC(=O)C=Cc2ccccc2)c1. The number of nitrogens with one attached hydrogen (secondary N) is 1. The van der Waals surface area contributed by atoms with E-state index in [0.717, 1.165) is 11.1 Å². The van der Waals surface area contributed by atoms with Crippen LogP contribution in [0.5, 0.6) is 0 Å². The van der Waals surface area contributed by atoms with Crippen LogP contribution in [-0.4, -0.2) is 11.7 Å². The van der Waals surface area contributed by atoms with Crippen LogP contribution < -0.4 is 5.32 Å². The highest BCUT2D eigenvalue weighted by molar-refractivity contribution is 6.14. The first-order valence-electron chi connectivity index (χ1n) is 8.38. The van der Waals surface area contributed by atoms with Crippen LogP contribution in [-0.2, 0) is 4.79 Å². The molecule has 0 aliphatic carbocycles. The average Bonchev–Trinajstić information content (AvgIpc) is 2.67. The van der Waals surface area contributed by atoms with Gasteiger partial charge in [0.1, 0.15) is 0 Å². The van der Waals surface area contributed by atoms with Crippen molar-refractivity contribution in [3.63, 3.8) is 0 Å². The van der Waals surface area contributed by atoms with E-state index in [-0.39, 0.29) is 11.7 Å². The van der Waals surface area contributed by atoms with E-state index in [9.17, 15) is 9.59 Å². The molecule has 0 unspecified atom stereocenters. The molecular formula is C23H19NO2. The van der Waals surface area contributed by atoms with Crippen LogP contribution in [0.2, 0.25) is 0 Å². The van der Waals surface area contributed by atoms with Gasteiger partial charge in [-0.15, -0.1) is 0 Å². The lowest BCUT2D eigenvalue weighted by Crippen LogP contribution is -2.13. The zero-order valence-electron chi connectivity index (χ0n) is 14.5. The van der Waals surface area contributed by atoms with E-state index in [4.69, 9.17) is 0 Å². The Kier molecular flexibility index (Phi) is 5.40. The van der Waals surface area contributed by atoms with Gasteiger partial charge in [-0.3, -0.25) is 9.59 Å². The fourth-order valence-corrected chi connectivity index (χ4v) is 2.61. The summed E-state index contributed by atoms with van der Waals surface area (Å²) in [4.78, 5) is 25.1. The van der Waals surface area contributed by atoms with Crippen LogP contribution in [0.3, 0.4) is 0 Å². The summed E-state index contributed by atoms with van der Waals surface area (Å²) in [5, 5.41) is 2.83. The Morgan fingerprint density at radius 1 is 0.846 bits per heavy atom. The zero-order valence-corrected chi connectivity index (χ0v) is 14.5. The Labute approximate surface area is 153 Å². The van der Waals surface area contributed by atoms with E-state index >= 15 is 0 Å². The number of hydrogen-bond acceptors (Lipinski definition) is 2. The minimum atomic E-state index is -0.276. The number of rotatable bonds is 5. The molecule has 0 spiro atoms. The van der Waals surface area contributed by atoms with Crippen molar-refractivity contribution < 1.29 is 9.59 Å². The summed E-state index contributed by atoms with van der Waals surface area (Å²) in [7, 11) is 0. The predicted molar refractivity (Wildman–Crippen MR) is 105 cm³/mol. The molecule has 0 aliphatic heterocycles. The Morgan fingerprint density at radius 2 is 1.50 bits per heavy atom. The summed E-state index contributed by atoms with van der Waals surface area (Å²) in [5.74, 6) is -0.394. The topological polar surface area (TPSA) is 46.2 Å². The van der Waals surface area contributed by atoms with Crippen molar-refractivity contribution in [1.29, 1.82) is 0 Å². The average molecular weight is 341 g/mol. The van der Waals surface area contributed by atoms with E-state index in [1.165, 1.54) is 6.08 Å². The van der Waals surface area contributed by atoms with Crippen LogP contribution in [0, 0.1) is 6.92 Å². The van der Waals surface area contributed by atoms with E-state index < -0.39 is 0 Å². The van der Waals surface area contributed by atoms with Crippen molar-refractivity contribution in [1.82, 2.24) is 0 Å². The number of benzene rings is 3. The third-order valence-corrected chi connectivity index (χ3v) is 3.94. The molecule has 3 aromatic rings. The standard InChI is InChI=1S/C23H19NO2/c1-17-12-14-20(23(26)19-10-6-3-7-11-19)21(16-17)24-22(25)15-13-18-8-4-2-5-9-18/h2-16H,1H3,(H,24,25). The van der Waals surface area contributed by atoms with Crippen LogP contribution >= 0.6 is 0 Å². The van der Waals surface area contributed by atoms with Gasteiger partial charge in [0.15, 0.2) is 5.78 Å². The van der Waals surface area contributed by atoms with Crippen LogP contribution in [0.25, 0.3) is 6.08 Å². The largest absolute Gasteiger partial charge is 0.322 e. The van der Waals surface area contributed by atoms with E-state index in [0.29, 0.717) is 16.8 Å². The number of amides is 1. The summed E-state index contributed by atoms with van der Waals surface area (Å²) < 4.78 is 0. The second-order valence-electron chi connectivity index (χ2n) is 5.98. The molecule has 1 N–H and O–H groups in total. The van der Waals surface area contributed by atoms with Gasteiger partial charge in [0.2, 0.25) is 5.91 Å². The lowest BCUT2D eigenvalue weighted by Gasteiger charge is -2.10. The molecular weight excluding hydrogens is 322 g/mol. The molecule has 0 heterocycles. The highest BCUT2D eigenvalue weighted by atomic mass is 16.1. The van der Waals surface area contributed by atoms with Crippen molar-refractivity contribution in [2.75, 3.05) is 5.32 Å². The van der Waals surface area contributed by atoms with Crippen molar-refractivity contribution in [2.24, 2.45) is 0 Å². The maximum atomic E-state index is 12.8. The van der Waals surface area contributed by atoms with Crippen molar-refractivity contribution in [3.05, 3.63) is 107 Å². The number of anilines is 1. The highest BCUT2D eigenvalue weighted by Crippen LogP contribution is 2.21. The molecule has 1 amide bonds. The monoisotopic (exact) mass is 341 g/mol. The third kappa shape index (κ3) is 4.33. The molecule has 0 saturated heterocycles. The number of ketones is 1. The first-order valence-corrected chi connectivity index (χ1v) is 8.38. The van der Waals surface area contributed by atoms with Gasteiger partial charge in [0.05, 0.1) is 5.69 Å². The highest BCUT2D eigenvalue weighted by Gasteiger charge is 2.14. The van der Waals surface area contributed by atoms with Crippen molar-refractivity contribution in [2.45, 2.75) is 6.92 Å². The first kappa shape index (κ1) is 17.4. The second kappa shape index (κ2) is 8.08. The van der Waals surface area contributed by atoms with Gasteiger partial charge < -0.3 is 5.32 Å². The third-order valence-electron chi connectivity index (χ3n) is 3.94. The summed E-state index contributed by atoms with van der Waals surface area (Å²) in [6.45, 7) is 1.92. The van der Waals surface area contributed by atoms with Gasteiger partial charge in [-0.2, -0.15) is 0 Å². The number of carbonyl (C=O) groups excluding carboxylic acids is 2. The molecule has 0 atom stereocenters. The summed E-state index contributed by atoms with van der Waals surface area (Å²) >= 11 is 0. The summed E-state index contributed by atoms with van der Waals surface area (Å²) in [6, 6.07) is 24.0. The maximum Gasteiger partial charge on any atom is 0.248 e. The molecule has 0 saturated carbocycles. The van der Waals surface area contributed by atoms with Crippen molar-refractivity contribution >= 4 is 23.5 Å². The van der Waals surface area contributed by atoms with E-state index in [1.807, 2.05) is 67.6 Å². The van der Waals surface area contributed by atoms with E-state index in [1.54, 1.807) is 24.3 Å². The van der Waals surface area contributed by atoms with Crippen LogP contribution in [0.4, 0.5) is 5.69 Å². The number of aryl methyl sites for hydroxylation is 1. The normalized spacial score (nSPS) is 10.7. The van der Waals surface area contributed by atoms with Gasteiger partial charge in [0, 0.05) is 17.2 Å². The molecule has 0 bridgehead atoms. The molecule has 0 aliphatic rings. The van der Waals surface area contributed by atoms with Gasteiger partial charge in [-0.05, 0) is 36.3 Å². The Balaban J connectivity index is 1.83. The number of carbonyl (C=O) groups is 2. The van der Waals surface area contributed by atoms with Gasteiger partial charge in [-0.25, -0.2) is 0 Å². The number of hydrogen-bond donors (Lipinski definition) is 1. The molecule has 0 aromatic heterocycles. The van der Waals surface area contributed by atoms with E-state index in [2.05, 4.69) is 5.32 Å². The maximum absolute atomic E-state index is 12.8. The lowest BCUT2D eigenvalue weighted by atomic mass is 10.00. The lowest BCUT2D eigenvalue weighted by molar-refractivity contribution is -0.111. The fourth-order valence-electron chi connectivity index (χ4n) is 2.61. The second-order valence-corrected chi connectivity index (χ2v) is 5.98. The fraction of sp³-hybridized carbons (Fsp3) is 0.0435. The minimum absolute atomic E-state index is 0.118. The molecule has 3 rings (SSSR count). The molecule has 3 nitrogen and oxygen atoms in total. The Morgan fingerprint density at radius 3 is 2.19 bits per heavy atom. The predicted octanol–water partition coefficient (Wildman–Crippen LogP) is 4.88. The van der Waals surface area contributed by atoms with Gasteiger partial charge in [-0.1, -0.05) is 66.7 Å². The van der Waals surface area contributed by atoms with Crippen LogP contribution in [0.15, 0.2) is 84.9 Å². The quantitative estimate of drug-likeness (QED) is 0.531.